The van der Waals surface area contributed by atoms with Crippen molar-refractivity contribution in [3.8, 4) is 11.1 Å². The van der Waals surface area contributed by atoms with Crippen LogP contribution in [0.25, 0.3) is 11.1 Å². The molecule has 0 bridgehead atoms. The molecule has 1 saturated heterocycles. The number of aryl methyl sites for hydroxylation is 1. The molecule has 2 aromatic carbocycles. The highest BCUT2D eigenvalue weighted by molar-refractivity contribution is 5.72. The minimum atomic E-state index is -0.584. The molecular formula is C28H37FN2O4. The number of hydrogen-bond acceptors (Lipinski definition) is 4. The number of carbonyl (C=O) groups excluding carboxylic acids is 2. The maximum absolute atomic E-state index is 15.3. The smallest absolute Gasteiger partial charge is 0.410 e. The minimum absolute atomic E-state index is 0.0565. The number of halogens is 1. The van der Waals surface area contributed by atoms with Crippen molar-refractivity contribution in [2.45, 2.75) is 59.2 Å². The second-order valence-electron chi connectivity index (χ2n) is 10.2. The van der Waals surface area contributed by atoms with Crippen molar-refractivity contribution in [2.75, 3.05) is 26.2 Å². The summed E-state index contributed by atoms with van der Waals surface area (Å²) in [6, 6.07) is 12.8. The van der Waals surface area contributed by atoms with Crippen LogP contribution in [-0.4, -0.2) is 48.7 Å². The molecule has 1 fully saturated rings. The van der Waals surface area contributed by atoms with Crippen molar-refractivity contribution in [3.63, 3.8) is 0 Å². The summed E-state index contributed by atoms with van der Waals surface area (Å²) in [5.74, 6) is -0.507. The zero-order valence-electron chi connectivity index (χ0n) is 21.4. The number of nitrogens with zero attached hydrogens (tertiary/aromatic N) is 1. The number of ether oxygens (including phenoxy) is 2. The maximum atomic E-state index is 15.3. The molecule has 0 spiro atoms. The highest BCUT2D eigenvalue weighted by Gasteiger charge is 2.34. The van der Waals surface area contributed by atoms with E-state index in [2.05, 4.69) is 5.32 Å². The Morgan fingerprint density at radius 2 is 1.94 bits per heavy atom. The molecule has 1 heterocycles. The quantitative estimate of drug-likeness (QED) is 0.516. The lowest BCUT2D eigenvalue weighted by Gasteiger charge is -2.38. The molecule has 3 rings (SSSR count). The van der Waals surface area contributed by atoms with Gasteiger partial charge in [0.15, 0.2) is 0 Å². The van der Waals surface area contributed by atoms with E-state index in [9.17, 15) is 9.59 Å². The molecule has 2 amide bonds. The highest BCUT2D eigenvalue weighted by atomic mass is 19.1. The van der Waals surface area contributed by atoms with Crippen LogP contribution in [0.1, 0.15) is 57.8 Å². The molecule has 7 heteroatoms. The van der Waals surface area contributed by atoms with Crippen LogP contribution < -0.4 is 5.32 Å². The van der Waals surface area contributed by atoms with Gasteiger partial charge in [-0.3, -0.25) is 4.79 Å². The standard InChI is InChI=1S/C28H37FN2O4/c1-19-9-6-10-21(17-19)25-23(12-7-13-24(25)29)26(34-16-14-30-20(2)32)22-11-8-15-31(18-22)27(33)35-28(3,4)5/h6-7,9-10,12-13,17,22,26H,8,11,14-16,18H2,1-5H3,(H,30,32)/t22-,26-/m1/s1. The number of likely N-dealkylation sites (tertiary alicyclic amines) is 1. The van der Waals surface area contributed by atoms with Crippen LogP contribution in [-0.2, 0) is 14.3 Å². The number of carbonyl (C=O) groups is 2. The Bertz CT molecular complexity index is 1030. The Hall–Kier alpha value is -2.93. The van der Waals surface area contributed by atoms with Crippen LogP contribution in [0.3, 0.4) is 0 Å². The average molecular weight is 485 g/mol. The Morgan fingerprint density at radius 3 is 2.63 bits per heavy atom. The first-order chi connectivity index (χ1) is 16.5. The third-order valence-corrected chi connectivity index (χ3v) is 5.97. The second-order valence-corrected chi connectivity index (χ2v) is 10.2. The fraction of sp³-hybridized carbons (Fsp3) is 0.500. The number of amides is 2. The molecule has 0 unspecified atom stereocenters. The fourth-order valence-corrected chi connectivity index (χ4v) is 4.53. The number of piperidine rings is 1. The molecule has 0 aliphatic carbocycles. The van der Waals surface area contributed by atoms with Gasteiger partial charge < -0.3 is 19.7 Å². The van der Waals surface area contributed by atoms with E-state index in [1.165, 1.54) is 13.0 Å². The van der Waals surface area contributed by atoms with Gasteiger partial charge in [-0.2, -0.15) is 0 Å². The molecule has 0 aromatic heterocycles. The van der Waals surface area contributed by atoms with Gasteiger partial charge in [0.1, 0.15) is 11.4 Å². The maximum Gasteiger partial charge on any atom is 0.410 e. The van der Waals surface area contributed by atoms with Gasteiger partial charge >= 0.3 is 6.09 Å². The van der Waals surface area contributed by atoms with Gasteiger partial charge in [0.2, 0.25) is 5.91 Å². The zero-order valence-corrected chi connectivity index (χ0v) is 21.4. The summed E-state index contributed by atoms with van der Waals surface area (Å²) in [6.07, 6.45) is 0.816. The molecule has 0 radical (unpaired) electrons. The Labute approximate surface area is 207 Å². The molecule has 35 heavy (non-hydrogen) atoms. The van der Waals surface area contributed by atoms with Gasteiger partial charge in [-0.25, -0.2) is 9.18 Å². The first-order valence-electron chi connectivity index (χ1n) is 12.2. The SMILES string of the molecule is CC(=O)NCCO[C@@H](c1cccc(F)c1-c1cccc(C)c1)[C@@H]1CCCN(C(=O)OC(C)(C)C)C1. The van der Waals surface area contributed by atoms with Gasteiger partial charge in [0, 0.05) is 38.0 Å². The topological polar surface area (TPSA) is 67.9 Å². The van der Waals surface area contributed by atoms with E-state index < -0.39 is 11.7 Å². The lowest BCUT2D eigenvalue weighted by Crippen LogP contribution is -2.44. The van der Waals surface area contributed by atoms with Crippen LogP contribution >= 0.6 is 0 Å². The molecule has 1 N–H and O–H groups in total. The van der Waals surface area contributed by atoms with Crippen molar-refractivity contribution in [3.05, 3.63) is 59.4 Å². The van der Waals surface area contributed by atoms with E-state index in [1.807, 2.05) is 58.0 Å². The van der Waals surface area contributed by atoms with E-state index in [1.54, 1.807) is 11.0 Å². The lowest BCUT2D eigenvalue weighted by molar-refractivity contribution is -0.119. The van der Waals surface area contributed by atoms with Gasteiger partial charge in [-0.1, -0.05) is 42.0 Å². The molecule has 1 aliphatic heterocycles. The van der Waals surface area contributed by atoms with Crippen molar-refractivity contribution in [2.24, 2.45) is 5.92 Å². The number of nitrogens with one attached hydrogen (secondary N) is 1. The largest absolute Gasteiger partial charge is 0.444 e. The average Bonchev–Trinajstić information content (AvgIpc) is 2.78. The summed E-state index contributed by atoms with van der Waals surface area (Å²) in [4.78, 5) is 25.8. The van der Waals surface area contributed by atoms with Crippen molar-refractivity contribution < 1.29 is 23.5 Å². The highest BCUT2D eigenvalue weighted by Crippen LogP contribution is 2.39. The van der Waals surface area contributed by atoms with Gasteiger partial charge in [-0.15, -0.1) is 0 Å². The molecular weight excluding hydrogens is 447 g/mol. The normalized spacial score (nSPS) is 17.1. The van der Waals surface area contributed by atoms with Crippen molar-refractivity contribution in [1.29, 1.82) is 0 Å². The molecule has 1 aliphatic rings. The predicted octanol–water partition coefficient (Wildman–Crippen LogP) is 5.64. The second kappa shape index (κ2) is 11.7. The van der Waals surface area contributed by atoms with Crippen LogP contribution in [0.15, 0.2) is 42.5 Å². The van der Waals surface area contributed by atoms with Crippen LogP contribution in [0.2, 0.25) is 0 Å². The molecule has 2 aromatic rings. The lowest BCUT2D eigenvalue weighted by atomic mass is 9.84. The number of rotatable bonds is 7. The zero-order chi connectivity index (χ0) is 25.6. The third-order valence-electron chi connectivity index (χ3n) is 5.97. The van der Waals surface area contributed by atoms with Gasteiger partial charge in [0.25, 0.3) is 0 Å². The summed E-state index contributed by atoms with van der Waals surface area (Å²) in [5.41, 5.74) is 2.49. The number of benzene rings is 2. The van der Waals surface area contributed by atoms with E-state index in [4.69, 9.17) is 9.47 Å². The molecule has 6 nitrogen and oxygen atoms in total. The predicted molar refractivity (Wildman–Crippen MR) is 134 cm³/mol. The summed E-state index contributed by atoms with van der Waals surface area (Å²) in [6.45, 7) is 10.7. The Morgan fingerprint density at radius 1 is 1.20 bits per heavy atom. The fourth-order valence-electron chi connectivity index (χ4n) is 4.53. The van der Waals surface area contributed by atoms with E-state index in [0.29, 0.717) is 25.2 Å². The van der Waals surface area contributed by atoms with Crippen LogP contribution in [0.5, 0.6) is 0 Å². The molecule has 0 saturated carbocycles. The molecule has 190 valence electrons. The van der Waals surface area contributed by atoms with Crippen molar-refractivity contribution >= 4 is 12.0 Å². The van der Waals surface area contributed by atoms with E-state index >= 15 is 4.39 Å². The Kier molecular flexibility index (Phi) is 8.89. The first kappa shape index (κ1) is 26.7. The Balaban J connectivity index is 1.94. The summed E-state index contributed by atoms with van der Waals surface area (Å²) in [7, 11) is 0. The van der Waals surface area contributed by atoms with E-state index in [-0.39, 0.29) is 30.3 Å². The third kappa shape index (κ3) is 7.52. The molecule has 2 atom stereocenters. The monoisotopic (exact) mass is 484 g/mol. The summed E-state index contributed by atoms with van der Waals surface area (Å²) >= 11 is 0. The first-order valence-corrected chi connectivity index (χ1v) is 12.2. The van der Waals surface area contributed by atoms with Gasteiger partial charge in [0.05, 0.1) is 12.7 Å². The number of hydrogen-bond donors (Lipinski definition) is 1. The summed E-state index contributed by atoms with van der Waals surface area (Å²) < 4.78 is 27.2. The van der Waals surface area contributed by atoms with Gasteiger partial charge in [-0.05, 0) is 57.7 Å². The van der Waals surface area contributed by atoms with Crippen molar-refractivity contribution in [1.82, 2.24) is 10.2 Å². The van der Waals surface area contributed by atoms with Crippen LogP contribution in [0, 0.1) is 18.7 Å². The van der Waals surface area contributed by atoms with Crippen LogP contribution in [0.4, 0.5) is 9.18 Å². The minimum Gasteiger partial charge on any atom is -0.444 e. The summed E-state index contributed by atoms with van der Waals surface area (Å²) in [5, 5.41) is 2.75. The van der Waals surface area contributed by atoms with E-state index in [0.717, 1.165) is 29.5 Å².